The second-order valence-electron chi connectivity index (χ2n) is 8.12. The molecule has 0 aliphatic rings. The van der Waals surface area contributed by atoms with Crippen LogP contribution >= 0.6 is 0 Å². The second-order valence-corrected chi connectivity index (χ2v) is 8.12. The van der Waals surface area contributed by atoms with Crippen LogP contribution in [0.2, 0.25) is 0 Å². The fraction of sp³-hybridized carbons (Fsp3) is 0.375. The van der Waals surface area contributed by atoms with Crippen LogP contribution in [0.3, 0.4) is 0 Å². The first-order chi connectivity index (χ1) is 14.5. The molecule has 0 spiro atoms. The number of hydrogen-bond acceptors (Lipinski definition) is 3. The third-order valence-corrected chi connectivity index (χ3v) is 5.44. The molecule has 2 unspecified atom stereocenters. The van der Waals surface area contributed by atoms with Crippen molar-refractivity contribution in [2.75, 3.05) is 7.11 Å². The van der Waals surface area contributed by atoms with E-state index in [0.717, 1.165) is 0 Å². The Labute approximate surface area is 178 Å². The highest BCUT2D eigenvalue weighted by atomic mass is 19.4. The minimum absolute atomic E-state index is 0.134. The van der Waals surface area contributed by atoms with Crippen LogP contribution in [0.15, 0.2) is 48.5 Å². The zero-order valence-corrected chi connectivity index (χ0v) is 17.6. The Bertz CT molecular complexity index is 1070. The summed E-state index contributed by atoms with van der Waals surface area (Å²) in [6.07, 6.45) is -5.84. The first-order valence-electron chi connectivity index (χ1n) is 9.99. The van der Waals surface area contributed by atoms with E-state index in [0.29, 0.717) is 33.5 Å². The third kappa shape index (κ3) is 5.15. The molecule has 7 heteroatoms. The molecule has 0 radical (unpaired) electrons. The topological polar surface area (TPSA) is 42.4 Å². The van der Waals surface area contributed by atoms with Gasteiger partial charge in [-0.2, -0.15) is 13.2 Å². The summed E-state index contributed by atoms with van der Waals surface area (Å²) in [7, 11) is 1.42. The lowest BCUT2D eigenvalue weighted by atomic mass is 9.82. The van der Waals surface area contributed by atoms with Crippen molar-refractivity contribution in [1.82, 2.24) is 4.98 Å². The maximum Gasteiger partial charge on any atom is 0.417 e. The molecule has 3 nitrogen and oxygen atoms in total. The lowest BCUT2D eigenvalue weighted by Gasteiger charge is -2.33. The molecule has 0 aliphatic heterocycles. The van der Waals surface area contributed by atoms with Gasteiger partial charge in [0.1, 0.15) is 11.6 Å². The number of aryl methyl sites for hydroxylation is 1. The molecular formula is C24H25F4NO2. The van der Waals surface area contributed by atoms with E-state index in [4.69, 9.17) is 4.74 Å². The van der Waals surface area contributed by atoms with Gasteiger partial charge < -0.3 is 9.84 Å². The molecule has 2 atom stereocenters. The molecule has 2 aromatic carbocycles. The Morgan fingerprint density at radius 3 is 2.45 bits per heavy atom. The summed E-state index contributed by atoms with van der Waals surface area (Å²) in [5.74, 6) is -0.677. The van der Waals surface area contributed by atoms with Crippen LogP contribution in [0.1, 0.15) is 30.2 Å². The van der Waals surface area contributed by atoms with Gasteiger partial charge in [-0.25, -0.2) is 4.39 Å². The van der Waals surface area contributed by atoms with Crippen molar-refractivity contribution in [1.29, 1.82) is 0 Å². The number of nitrogens with zero attached hydrogens (tertiary/aromatic N) is 1. The van der Waals surface area contributed by atoms with Gasteiger partial charge in [0.2, 0.25) is 0 Å². The van der Waals surface area contributed by atoms with E-state index in [2.05, 4.69) is 4.98 Å². The minimum Gasteiger partial charge on any atom is -0.496 e. The molecule has 0 aliphatic carbocycles. The Morgan fingerprint density at radius 1 is 1.06 bits per heavy atom. The summed E-state index contributed by atoms with van der Waals surface area (Å²) in [5.41, 5.74) is -0.928. The van der Waals surface area contributed by atoms with Gasteiger partial charge in [-0.05, 0) is 67.1 Å². The lowest BCUT2D eigenvalue weighted by molar-refractivity contribution is -0.265. The number of para-hydroxylation sites is 1. The third-order valence-electron chi connectivity index (χ3n) is 5.44. The first-order valence-corrected chi connectivity index (χ1v) is 9.99. The SMILES string of the molecule is COc1ccc(F)cc1CC(C)CC(O)(Cc1cc(C)nc2ccccc12)C(F)(F)F. The van der Waals surface area contributed by atoms with Gasteiger partial charge in [-0.3, -0.25) is 4.98 Å². The smallest absolute Gasteiger partial charge is 0.417 e. The van der Waals surface area contributed by atoms with Gasteiger partial charge in [-0.1, -0.05) is 25.1 Å². The zero-order chi connectivity index (χ0) is 22.8. The number of alkyl halides is 3. The van der Waals surface area contributed by atoms with Crippen molar-refractivity contribution < 1.29 is 27.4 Å². The Morgan fingerprint density at radius 2 is 1.77 bits per heavy atom. The van der Waals surface area contributed by atoms with Crippen LogP contribution in [0.5, 0.6) is 5.75 Å². The second kappa shape index (κ2) is 8.83. The van der Waals surface area contributed by atoms with E-state index in [9.17, 15) is 22.7 Å². The quantitative estimate of drug-likeness (QED) is 0.477. The minimum atomic E-state index is -4.84. The predicted octanol–water partition coefficient (Wildman–Crippen LogP) is 5.80. The van der Waals surface area contributed by atoms with Crippen LogP contribution < -0.4 is 4.74 Å². The average molecular weight is 435 g/mol. The average Bonchev–Trinajstić information content (AvgIpc) is 2.67. The monoisotopic (exact) mass is 435 g/mol. The largest absolute Gasteiger partial charge is 0.496 e. The summed E-state index contributed by atoms with van der Waals surface area (Å²) >= 11 is 0. The maximum atomic E-state index is 14.0. The normalized spacial score (nSPS) is 15.0. The van der Waals surface area contributed by atoms with Gasteiger partial charge in [0, 0.05) is 17.5 Å². The molecule has 3 aromatic rings. The van der Waals surface area contributed by atoms with Gasteiger partial charge in [-0.15, -0.1) is 0 Å². The lowest BCUT2D eigenvalue weighted by Crippen LogP contribution is -2.48. The number of methoxy groups -OCH3 is 1. The van der Waals surface area contributed by atoms with Crippen molar-refractivity contribution in [3.05, 3.63) is 71.2 Å². The van der Waals surface area contributed by atoms with Crippen LogP contribution in [0.4, 0.5) is 17.6 Å². The molecule has 0 saturated heterocycles. The number of pyridine rings is 1. The molecule has 0 saturated carbocycles. The van der Waals surface area contributed by atoms with Gasteiger partial charge in [0.25, 0.3) is 0 Å². The number of benzene rings is 2. The molecule has 1 N–H and O–H groups in total. The Hall–Kier alpha value is -2.67. The molecule has 0 amide bonds. The van der Waals surface area contributed by atoms with Gasteiger partial charge in [0.05, 0.1) is 12.6 Å². The number of ether oxygens (including phenoxy) is 1. The van der Waals surface area contributed by atoms with E-state index in [1.807, 2.05) is 0 Å². The molecule has 3 rings (SSSR count). The van der Waals surface area contributed by atoms with E-state index in [1.165, 1.54) is 25.3 Å². The summed E-state index contributed by atoms with van der Waals surface area (Å²) in [6, 6.07) is 12.4. The highest BCUT2D eigenvalue weighted by Gasteiger charge is 2.54. The first kappa shape index (κ1) is 23.0. The van der Waals surface area contributed by atoms with E-state index >= 15 is 0 Å². The number of hydrogen-bond donors (Lipinski definition) is 1. The number of rotatable bonds is 7. The maximum absolute atomic E-state index is 14.0. The van der Waals surface area contributed by atoms with Crippen molar-refractivity contribution in [2.45, 2.75) is 44.9 Å². The summed E-state index contributed by atoms with van der Waals surface area (Å²) in [5, 5.41) is 11.4. The fourth-order valence-electron chi connectivity index (χ4n) is 4.08. The van der Waals surface area contributed by atoms with E-state index in [-0.39, 0.29) is 6.42 Å². The highest BCUT2D eigenvalue weighted by Crippen LogP contribution is 2.40. The molecular weight excluding hydrogens is 410 g/mol. The Balaban J connectivity index is 1.91. The van der Waals surface area contributed by atoms with Crippen molar-refractivity contribution in [3.63, 3.8) is 0 Å². The van der Waals surface area contributed by atoms with Crippen LogP contribution in [0.25, 0.3) is 10.9 Å². The molecule has 0 fully saturated rings. The van der Waals surface area contributed by atoms with Crippen LogP contribution in [0, 0.1) is 18.7 Å². The number of fused-ring (bicyclic) bond motifs is 1. The van der Waals surface area contributed by atoms with Crippen LogP contribution in [-0.2, 0) is 12.8 Å². The van der Waals surface area contributed by atoms with Crippen LogP contribution in [-0.4, -0.2) is 29.0 Å². The van der Waals surface area contributed by atoms with Gasteiger partial charge in [0.15, 0.2) is 5.60 Å². The molecule has 166 valence electrons. The standard InChI is InChI=1S/C24H25F4NO2/c1-15(10-17-12-19(25)8-9-22(17)31-3)13-23(30,24(26,27)28)14-18-11-16(2)29-21-7-5-4-6-20(18)21/h4-9,11-12,15,30H,10,13-14H2,1-3H3. The molecule has 31 heavy (non-hydrogen) atoms. The van der Waals surface area contributed by atoms with E-state index in [1.54, 1.807) is 44.2 Å². The number of aliphatic hydroxyl groups is 1. The molecule has 0 bridgehead atoms. The zero-order valence-electron chi connectivity index (χ0n) is 17.6. The predicted molar refractivity (Wildman–Crippen MR) is 112 cm³/mol. The van der Waals surface area contributed by atoms with Crippen molar-refractivity contribution in [2.24, 2.45) is 5.92 Å². The summed E-state index contributed by atoms with van der Waals surface area (Å²) < 4.78 is 61.0. The van der Waals surface area contributed by atoms with Crippen molar-refractivity contribution in [3.8, 4) is 5.75 Å². The summed E-state index contributed by atoms with van der Waals surface area (Å²) in [4.78, 5) is 4.36. The molecule has 1 aromatic heterocycles. The number of aromatic nitrogens is 1. The van der Waals surface area contributed by atoms with Gasteiger partial charge >= 0.3 is 6.18 Å². The number of halogens is 4. The Kier molecular flexibility index (Phi) is 6.55. The fourth-order valence-corrected chi connectivity index (χ4v) is 4.08. The highest BCUT2D eigenvalue weighted by molar-refractivity contribution is 5.82. The van der Waals surface area contributed by atoms with Crippen molar-refractivity contribution >= 4 is 10.9 Å². The van der Waals surface area contributed by atoms with E-state index < -0.39 is 36.4 Å². The summed E-state index contributed by atoms with van der Waals surface area (Å²) in [6.45, 7) is 3.32. The molecule has 1 heterocycles.